The number of sulfonamides is 1. The van der Waals surface area contributed by atoms with Gasteiger partial charge in [0.25, 0.3) is 0 Å². The van der Waals surface area contributed by atoms with Gasteiger partial charge in [0.05, 0.1) is 16.3 Å². The summed E-state index contributed by atoms with van der Waals surface area (Å²) in [7, 11) is -7.39. The number of para-hydroxylation sites is 2. The van der Waals surface area contributed by atoms with E-state index in [9.17, 15) is 16.8 Å². The first kappa shape index (κ1) is 19.8. The van der Waals surface area contributed by atoms with Gasteiger partial charge >= 0.3 is 10.2 Å². The minimum Gasteiger partial charge on any atom is -0.250 e. The summed E-state index contributed by atoms with van der Waals surface area (Å²) in [6.07, 6.45) is 5.82. The van der Waals surface area contributed by atoms with Crippen molar-refractivity contribution in [3.05, 3.63) is 53.6 Å². The van der Waals surface area contributed by atoms with E-state index in [1.807, 2.05) is 18.2 Å². The minimum absolute atomic E-state index is 0.00545. The zero-order valence-electron chi connectivity index (χ0n) is 16.6. The second-order valence-corrected chi connectivity index (χ2v) is 11.6. The molecule has 1 heterocycles. The maximum atomic E-state index is 13.1. The average Bonchev–Trinajstić information content (AvgIpc) is 3.53. The molecule has 9 heteroatoms. The van der Waals surface area contributed by atoms with Gasteiger partial charge in [-0.1, -0.05) is 18.2 Å². The van der Waals surface area contributed by atoms with Crippen LogP contribution >= 0.6 is 0 Å². The molecule has 30 heavy (non-hydrogen) atoms. The van der Waals surface area contributed by atoms with Crippen molar-refractivity contribution in [3.8, 4) is 0 Å². The number of benzene rings is 2. The van der Waals surface area contributed by atoms with E-state index in [4.69, 9.17) is 0 Å². The Morgan fingerprint density at radius 2 is 1.67 bits per heavy atom. The second kappa shape index (κ2) is 7.25. The fraction of sp³-hybridized carbons (Fsp3) is 0.429. The molecule has 0 atom stereocenters. The molecular weight excluding hydrogens is 422 g/mol. The van der Waals surface area contributed by atoms with Crippen molar-refractivity contribution in [2.75, 3.05) is 21.7 Å². The highest BCUT2D eigenvalue weighted by Gasteiger charge is 2.47. The molecule has 7 nitrogen and oxygen atoms in total. The van der Waals surface area contributed by atoms with E-state index in [-0.39, 0.29) is 24.0 Å². The molecule has 2 aromatic carbocycles. The third-order valence-electron chi connectivity index (χ3n) is 6.03. The quantitative estimate of drug-likeness (QED) is 0.737. The van der Waals surface area contributed by atoms with E-state index in [1.165, 1.54) is 14.2 Å². The average molecular weight is 448 g/mol. The van der Waals surface area contributed by atoms with Gasteiger partial charge in [-0.3, -0.25) is 0 Å². The lowest BCUT2D eigenvalue weighted by Gasteiger charge is -2.21. The highest BCUT2D eigenvalue weighted by Crippen LogP contribution is 2.46. The number of rotatable bonds is 6. The summed E-state index contributed by atoms with van der Waals surface area (Å²) < 4.78 is 57.2. The minimum atomic E-state index is -3.70. The number of nitrogens with one attached hydrogen (secondary N) is 1. The molecule has 3 aliphatic rings. The normalized spacial score (nSPS) is 20.1. The lowest BCUT2D eigenvalue weighted by atomic mass is 9.92. The molecule has 1 fully saturated rings. The number of anilines is 2. The highest BCUT2D eigenvalue weighted by molar-refractivity contribution is 7.94. The molecule has 160 valence electrons. The van der Waals surface area contributed by atoms with Crippen LogP contribution in [-0.4, -0.2) is 36.0 Å². The van der Waals surface area contributed by atoms with E-state index in [2.05, 4.69) is 4.72 Å². The van der Waals surface area contributed by atoms with Crippen LogP contribution in [0, 0.1) is 0 Å². The molecule has 1 aliphatic heterocycles. The van der Waals surface area contributed by atoms with E-state index < -0.39 is 20.2 Å². The fourth-order valence-corrected chi connectivity index (χ4v) is 7.39. The van der Waals surface area contributed by atoms with Gasteiger partial charge in [0.1, 0.15) is 0 Å². The zero-order chi connectivity index (χ0) is 20.9. The van der Waals surface area contributed by atoms with Crippen molar-refractivity contribution in [2.45, 2.75) is 49.5 Å². The number of aryl methyl sites for hydroxylation is 2. The highest BCUT2D eigenvalue weighted by atomic mass is 32.2. The van der Waals surface area contributed by atoms with Crippen molar-refractivity contribution in [1.29, 1.82) is 0 Å². The lowest BCUT2D eigenvalue weighted by molar-refractivity contribution is 0.576. The molecule has 1 N–H and O–H groups in total. The van der Waals surface area contributed by atoms with Crippen LogP contribution in [0.1, 0.15) is 36.8 Å². The Morgan fingerprint density at radius 3 is 2.40 bits per heavy atom. The lowest BCUT2D eigenvalue weighted by Crippen LogP contribution is -2.42. The van der Waals surface area contributed by atoms with Crippen molar-refractivity contribution in [3.63, 3.8) is 0 Å². The van der Waals surface area contributed by atoms with Gasteiger partial charge in [0.2, 0.25) is 10.0 Å². The summed E-state index contributed by atoms with van der Waals surface area (Å²) in [4.78, 5) is 0.243. The Hall–Kier alpha value is -2.10. The van der Waals surface area contributed by atoms with E-state index in [0.717, 1.165) is 44.1 Å². The molecule has 5 rings (SSSR count). The van der Waals surface area contributed by atoms with E-state index >= 15 is 0 Å². The summed E-state index contributed by atoms with van der Waals surface area (Å²) in [5, 5.41) is 0. The van der Waals surface area contributed by atoms with Crippen LogP contribution in [0.2, 0.25) is 0 Å². The van der Waals surface area contributed by atoms with E-state index in [1.54, 1.807) is 24.3 Å². The Labute approximate surface area is 177 Å². The van der Waals surface area contributed by atoms with Crippen LogP contribution in [0.5, 0.6) is 0 Å². The van der Waals surface area contributed by atoms with Crippen LogP contribution in [-0.2, 0) is 33.1 Å². The first-order chi connectivity index (χ1) is 14.4. The zero-order valence-corrected chi connectivity index (χ0v) is 18.3. The molecule has 0 amide bonds. The molecule has 2 aromatic rings. The largest absolute Gasteiger partial charge is 0.326 e. The Balaban J connectivity index is 1.33. The Kier molecular flexibility index (Phi) is 4.79. The summed E-state index contributed by atoms with van der Waals surface area (Å²) >= 11 is 0. The van der Waals surface area contributed by atoms with Crippen LogP contribution in [0.3, 0.4) is 0 Å². The van der Waals surface area contributed by atoms with Crippen LogP contribution in [0.4, 0.5) is 11.4 Å². The molecular formula is C21H25N3O4S2. The van der Waals surface area contributed by atoms with Crippen molar-refractivity contribution in [1.82, 2.24) is 4.72 Å². The number of hydrogen-bond acceptors (Lipinski definition) is 4. The predicted octanol–water partition coefficient (Wildman–Crippen LogP) is 2.58. The predicted molar refractivity (Wildman–Crippen MR) is 116 cm³/mol. The first-order valence-corrected chi connectivity index (χ1v) is 13.3. The summed E-state index contributed by atoms with van der Waals surface area (Å²) in [5.41, 5.74) is 3.61. The standard InChI is InChI=1S/C21H25N3O4S2/c25-29(26,19-12-9-16-5-1-2-6-17(16)15-19)22-13-14-23-20-7-3-4-8-21(20)24(18-10-11-18)30(23,27)28/h3-4,7-9,12,15,18,22H,1-2,5-6,10-11,13-14H2. The number of hydrogen-bond donors (Lipinski definition) is 1. The van der Waals surface area contributed by atoms with Gasteiger partial charge in [-0.25, -0.2) is 21.8 Å². The summed E-state index contributed by atoms with van der Waals surface area (Å²) in [6, 6.07) is 12.5. The van der Waals surface area contributed by atoms with Gasteiger partial charge in [-0.15, -0.1) is 0 Å². The van der Waals surface area contributed by atoms with Crippen molar-refractivity contribution in [2.24, 2.45) is 0 Å². The van der Waals surface area contributed by atoms with Crippen LogP contribution in [0.15, 0.2) is 47.4 Å². The molecule has 0 spiro atoms. The first-order valence-electron chi connectivity index (χ1n) is 10.4. The van der Waals surface area contributed by atoms with Gasteiger partial charge in [-0.2, -0.15) is 8.42 Å². The van der Waals surface area contributed by atoms with E-state index in [0.29, 0.717) is 11.4 Å². The molecule has 0 bridgehead atoms. The molecule has 0 aromatic heterocycles. The number of fused-ring (bicyclic) bond motifs is 2. The smallest absolute Gasteiger partial charge is 0.250 e. The fourth-order valence-electron chi connectivity index (χ4n) is 4.39. The topological polar surface area (TPSA) is 86.8 Å². The van der Waals surface area contributed by atoms with Crippen molar-refractivity contribution >= 4 is 31.6 Å². The maximum absolute atomic E-state index is 13.1. The molecule has 0 saturated heterocycles. The van der Waals surface area contributed by atoms with Crippen LogP contribution in [0.25, 0.3) is 0 Å². The molecule has 2 aliphatic carbocycles. The molecule has 1 saturated carbocycles. The monoisotopic (exact) mass is 447 g/mol. The SMILES string of the molecule is O=S(=O)(NCCN1c2ccccc2N(C2CC2)S1(=O)=O)c1ccc2c(c1)CCCC2. The number of nitrogens with zero attached hydrogens (tertiary/aromatic N) is 2. The van der Waals surface area contributed by atoms with Gasteiger partial charge in [0, 0.05) is 19.1 Å². The molecule has 0 radical (unpaired) electrons. The molecule has 0 unspecified atom stereocenters. The Morgan fingerprint density at radius 1 is 0.967 bits per heavy atom. The van der Waals surface area contributed by atoms with Gasteiger partial charge < -0.3 is 0 Å². The van der Waals surface area contributed by atoms with Gasteiger partial charge in [0.15, 0.2) is 0 Å². The Bertz CT molecular complexity index is 1190. The van der Waals surface area contributed by atoms with Crippen molar-refractivity contribution < 1.29 is 16.8 Å². The third-order valence-corrected chi connectivity index (χ3v) is 9.42. The second-order valence-electron chi connectivity index (χ2n) is 8.13. The summed E-state index contributed by atoms with van der Waals surface area (Å²) in [6.45, 7) is 0.0538. The third kappa shape index (κ3) is 3.38. The van der Waals surface area contributed by atoms with Crippen LogP contribution < -0.4 is 13.3 Å². The maximum Gasteiger partial charge on any atom is 0.326 e. The summed E-state index contributed by atoms with van der Waals surface area (Å²) in [5.74, 6) is 0. The van der Waals surface area contributed by atoms with Gasteiger partial charge in [-0.05, 0) is 73.9 Å².